The van der Waals surface area contributed by atoms with E-state index in [1.165, 1.54) is 11.3 Å². The molecule has 1 aromatic heterocycles. The number of benzene rings is 1. The summed E-state index contributed by atoms with van der Waals surface area (Å²) in [4.78, 5) is 0. The minimum Gasteiger partial charge on any atom is -0.389 e. The van der Waals surface area contributed by atoms with E-state index in [4.69, 9.17) is 11.0 Å². The third kappa shape index (κ3) is 2.24. The Morgan fingerprint density at radius 2 is 2.29 bits per heavy atom. The van der Waals surface area contributed by atoms with Crippen molar-refractivity contribution in [1.29, 1.82) is 5.26 Å². The standard InChI is InChI=1S/C13H13N3S/c1-2-16-10-5-3-4-9(6-10)12-8-17-13(15)11(12)7-14/h3-6,8,16H,2,15H2,1H3. The van der Waals surface area contributed by atoms with Gasteiger partial charge in [-0.05, 0) is 24.6 Å². The molecular formula is C13H13N3S. The van der Waals surface area contributed by atoms with Gasteiger partial charge in [-0.3, -0.25) is 0 Å². The van der Waals surface area contributed by atoms with Crippen LogP contribution in [0.15, 0.2) is 29.6 Å². The van der Waals surface area contributed by atoms with Gasteiger partial charge < -0.3 is 11.1 Å². The van der Waals surface area contributed by atoms with Crippen LogP contribution in [0.4, 0.5) is 10.7 Å². The summed E-state index contributed by atoms with van der Waals surface area (Å²) in [5.41, 5.74) is 9.33. The monoisotopic (exact) mass is 243 g/mol. The molecule has 0 atom stereocenters. The predicted octanol–water partition coefficient (Wildman–Crippen LogP) is 3.30. The van der Waals surface area contributed by atoms with Crippen molar-refractivity contribution in [3.63, 3.8) is 0 Å². The Hall–Kier alpha value is -1.99. The maximum atomic E-state index is 9.08. The van der Waals surface area contributed by atoms with E-state index in [2.05, 4.69) is 18.3 Å². The van der Waals surface area contributed by atoms with Gasteiger partial charge >= 0.3 is 0 Å². The van der Waals surface area contributed by atoms with Crippen molar-refractivity contribution in [3.8, 4) is 17.2 Å². The Bertz CT molecular complexity index is 566. The molecule has 1 heterocycles. The van der Waals surface area contributed by atoms with Crippen LogP contribution in [0.1, 0.15) is 12.5 Å². The lowest BCUT2D eigenvalue weighted by atomic mass is 10.0. The second-order valence-corrected chi connectivity index (χ2v) is 4.52. The highest BCUT2D eigenvalue weighted by molar-refractivity contribution is 7.14. The van der Waals surface area contributed by atoms with Gasteiger partial charge in [-0.2, -0.15) is 5.26 Å². The van der Waals surface area contributed by atoms with Crippen molar-refractivity contribution in [1.82, 2.24) is 0 Å². The Morgan fingerprint density at radius 1 is 1.47 bits per heavy atom. The van der Waals surface area contributed by atoms with Crippen LogP contribution < -0.4 is 11.1 Å². The molecule has 0 bridgehead atoms. The van der Waals surface area contributed by atoms with Crippen LogP contribution in [0.2, 0.25) is 0 Å². The first kappa shape index (κ1) is 11.5. The lowest BCUT2D eigenvalue weighted by Crippen LogP contribution is -1.96. The van der Waals surface area contributed by atoms with E-state index < -0.39 is 0 Å². The van der Waals surface area contributed by atoms with Crippen molar-refractivity contribution in [2.45, 2.75) is 6.92 Å². The zero-order valence-corrected chi connectivity index (χ0v) is 10.3. The molecule has 0 fully saturated rings. The van der Waals surface area contributed by atoms with Gasteiger partial charge in [-0.1, -0.05) is 12.1 Å². The number of rotatable bonds is 3. The first-order valence-corrected chi connectivity index (χ1v) is 6.25. The van der Waals surface area contributed by atoms with Gasteiger partial charge in [0.1, 0.15) is 11.1 Å². The van der Waals surface area contributed by atoms with Crippen LogP contribution in [0, 0.1) is 11.3 Å². The van der Waals surface area contributed by atoms with Crippen molar-refractivity contribution < 1.29 is 0 Å². The minimum atomic E-state index is 0.573. The molecule has 0 radical (unpaired) electrons. The van der Waals surface area contributed by atoms with E-state index in [9.17, 15) is 0 Å². The van der Waals surface area contributed by atoms with Gasteiger partial charge in [0.05, 0.1) is 5.56 Å². The molecule has 0 amide bonds. The van der Waals surface area contributed by atoms with Crippen molar-refractivity contribution >= 4 is 22.0 Å². The molecule has 0 saturated carbocycles. The average Bonchev–Trinajstić information content (AvgIpc) is 2.71. The third-order valence-corrected chi connectivity index (χ3v) is 3.30. The van der Waals surface area contributed by atoms with Crippen LogP contribution in [-0.2, 0) is 0 Å². The van der Waals surface area contributed by atoms with Gasteiger partial charge in [0, 0.05) is 23.2 Å². The summed E-state index contributed by atoms with van der Waals surface area (Å²) in [5, 5.41) is 14.8. The van der Waals surface area contributed by atoms with Gasteiger partial charge in [0.2, 0.25) is 0 Å². The summed E-state index contributed by atoms with van der Waals surface area (Å²) in [6, 6.07) is 10.2. The first-order valence-electron chi connectivity index (χ1n) is 5.37. The van der Waals surface area contributed by atoms with Crippen molar-refractivity contribution in [2.75, 3.05) is 17.6 Å². The zero-order valence-electron chi connectivity index (χ0n) is 9.53. The summed E-state index contributed by atoms with van der Waals surface area (Å²) in [7, 11) is 0. The van der Waals surface area contributed by atoms with Crippen LogP contribution in [-0.4, -0.2) is 6.54 Å². The number of thiophene rings is 1. The lowest BCUT2D eigenvalue weighted by Gasteiger charge is -2.05. The number of nitrogen functional groups attached to an aromatic ring is 1. The Labute approximate surface area is 105 Å². The smallest absolute Gasteiger partial charge is 0.104 e. The second kappa shape index (κ2) is 4.89. The summed E-state index contributed by atoms with van der Waals surface area (Å²) in [6.07, 6.45) is 0. The molecular weight excluding hydrogens is 230 g/mol. The average molecular weight is 243 g/mol. The lowest BCUT2D eigenvalue weighted by molar-refractivity contribution is 1.21. The molecule has 3 nitrogen and oxygen atoms in total. The first-order chi connectivity index (χ1) is 8.26. The number of hydrogen-bond acceptors (Lipinski definition) is 4. The quantitative estimate of drug-likeness (QED) is 0.869. The van der Waals surface area contributed by atoms with E-state index in [1.807, 2.05) is 29.6 Å². The van der Waals surface area contributed by atoms with Crippen LogP contribution in [0.25, 0.3) is 11.1 Å². The molecule has 4 heteroatoms. The molecule has 2 aromatic rings. The van der Waals surface area contributed by atoms with E-state index in [0.29, 0.717) is 10.6 Å². The van der Waals surface area contributed by atoms with Crippen molar-refractivity contribution in [2.24, 2.45) is 0 Å². The number of nitrogens with one attached hydrogen (secondary N) is 1. The molecule has 0 saturated heterocycles. The van der Waals surface area contributed by atoms with Gasteiger partial charge in [0.15, 0.2) is 0 Å². The van der Waals surface area contributed by atoms with Crippen molar-refractivity contribution in [3.05, 3.63) is 35.2 Å². The van der Waals surface area contributed by atoms with E-state index in [-0.39, 0.29) is 0 Å². The normalized spacial score (nSPS) is 9.88. The molecule has 86 valence electrons. The molecule has 17 heavy (non-hydrogen) atoms. The Morgan fingerprint density at radius 3 is 3.00 bits per heavy atom. The van der Waals surface area contributed by atoms with Gasteiger partial charge in [-0.15, -0.1) is 11.3 Å². The predicted molar refractivity (Wildman–Crippen MR) is 73.0 cm³/mol. The fraction of sp³-hybridized carbons (Fsp3) is 0.154. The Kier molecular flexibility index (Phi) is 3.31. The molecule has 2 rings (SSSR count). The SMILES string of the molecule is CCNc1cccc(-c2csc(N)c2C#N)c1. The van der Waals surface area contributed by atoms with Crippen LogP contribution in [0.5, 0.6) is 0 Å². The number of nitrogens with two attached hydrogens (primary N) is 1. The van der Waals surface area contributed by atoms with Gasteiger partial charge in [-0.25, -0.2) is 0 Å². The molecule has 0 spiro atoms. The fourth-order valence-corrected chi connectivity index (χ4v) is 2.47. The minimum absolute atomic E-state index is 0.573. The largest absolute Gasteiger partial charge is 0.389 e. The molecule has 1 aromatic carbocycles. The second-order valence-electron chi connectivity index (χ2n) is 3.61. The van der Waals surface area contributed by atoms with E-state index >= 15 is 0 Å². The molecule has 0 aliphatic rings. The third-order valence-electron chi connectivity index (χ3n) is 2.49. The van der Waals surface area contributed by atoms with Gasteiger partial charge in [0.25, 0.3) is 0 Å². The van der Waals surface area contributed by atoms with Crippen LogP contribution >= 0.6 is 11.3 Å². The van der Waals surface area contributed by atoms with E-state index in [1.54, 1.807) is 0 Å². The number of nitrogens with zero attached hydrogens (tertiary/aromatic N) is 1. The number of nitriles is 1. The summed E-state index contributed by atoms with van der Waals surface area (Å²) >= 11 is 1.40. The maximum absolute atomic E-state index is 9.08. The highest BCUT2D eigenvalue weighted by atomic mass is 32.1. The number of anilines is 2. The van der Waals surface area contributed by atoms with E-state index in [0.717, 1.165) is 23.4 Å². The topological polar surface area (TPSA) is 61.8 Å². The summed E-state index contributed by atoms with van der Waals surface area (Å²) in [5.74, 6) is 0. The molecule has 3 N–H and O–H groups in total. The highest BCUT2D eigenvalue weighted by Gasteiger charge is 2.10. The van der Waals surface area contributed by atoms with Crippen LogP contribution in [0.3, 0.4) is 0 Å². The Balaban J connectivity index is 2.46. The fourth-order valence-electron chi connectivity index (χ4n) is 1.70. The molecule has 0 aliphatic heterocycles. The maximum Gasteiger partial charge on any atom is 0.104 e. The zero-order chi connectivity index (χ0) is 12.3. The highest BCUT2D eigenvalue weighted by Crippen LogP contribution is 2.33. The molecule has 0 unspecified atom stereocenters. The number of hydrogen-bond donors (Lipinski definition) is 2. The summed E-state index contributed by atoms with van der Waals surface area (Å²) < 4.78 is 0. The summed E-state index contributed by atoms with van der Waals surface area (Å²) in [6.45, 7) is 2.93. The molecule has 0 aliphatic carbocycles.